The predicted octanol–water partition coefficient (Wildman–Crippen LogP) is 3.93. The second-order valence-electron chi connectivity index (χ2n) is 7.94. The van der Waals surface area contributed by atoms with Crippen molar-refractivity contribution in [1.82, 2.24) is 19.7 Å². The van der Waals surface area contributed by atoms with E-state index in [1.54, 1.807) is 29.6 Å². The van der Waals surface area contributed by atoms with Gasteiger partial charge in [0.05, 0.1) is 23.7 Å². The van der Waals surface area contributed by atoms with Crippen molar-refractivity contribution in [1.29, 1.82) is 0 Å². The molecule has 1 aromatic carbocycles. The third kappa shape index (κ3) is 6.19. The van der Waals surface area contributed by atoms with Crippen molar-refractivity contribution in [2.45, 2.75) is 19.5 Å². The van der Waals surface area contributed by atoms with Crippen LogP contribution >= 0.6 is 22.9 Å². The number of anilines is 1. The highest BCUT2D eigenvalue weighted by Crippen LogP contribution is 2.28. The minimum Gasteiger partial charge on any atom is -0.425 e. The summed E-state index contributed by atoms with van der Waals surface area (Å²) >= 11 is 7.41. The number of carbonyl (C=O) groups is 2. The van der Waals surface area contributed by atoms with E-state index in [-0.39, 0.29) is 18.7 Å². The molecule has 1 aliphatic rings. The number of halogens is 4. The lowest BCUT2D eigenvalue weighted by Crippen LogP contribution is -2.48. The van der Waals surface area contributed by atoms with Gasteiger partial charge >= 0.3 is 12.1 Å². The minimum absolute atomic E-state index is 0.000669. The summed E-state index contributed by atoms with van der Waals surface area (Å²) in [6.45, 7) is 3.60. The molecule has 4 rings (SSSR count). The number of rotatable bonds is 6. The number of nitrogens with zero attached hydrogens (tertiary/aromatic N) is 5. The first-order valence-electron chi connectivity index (χ1n) is 10.6. The van der Waals surface area contributed by atoms with Gasteiger partial charge in [-0.15, -0.1) is 11.3 Å². The molecule has 0 saturated carbocycles. The van der Waals surface area contributed by atoms with Gasteiger partial charge in [-0.1, -0.05) is 23.7 Å². The number of carbonyl (C=O) groups excluding carboxylic acids is 2. The Hall–Kier alpha value is -2.96. The Labute approximate surface area is 207 Å². The summed E-state index contributed by atoms with van der Waals surface area (Å²) < 4.78 is 44.7. The average molecular weight is 528 g/mol. The zero-order valence-electron chi connectivity index (χ0n) is 18.6. The zero-order chi connectivity index (χ0) is 25.2. The summed E-state index contributed by atoms with van der Waals surface area (Å²) in [7, 11) is 0. The quantitative estimate of drug-likeness (QED) is 0.355. The second-order valence-corrected chi connectivity index (χ2v) is 9.18. The Morgan fingerprint density at radius 1 is 1.17 bits per heavy atom. The molecule has 35 heavy (non-hydrogen) atoms. The molecule has 0 radical (unpaired) electrons. The lowest BCUT2D eigenvalue weighted by Gasteiger charge is -2.34. The van der Waals surface area contributed by atoms with Crippen molar-refractivity contribution in [2.75, 3.05) is 37.6 Å². The Morgan fingerprint density at radius 3 is 2.54 bits per heavy atom. The van der Waals surface area contributed by atoms with Gasteiger partial charge in [0.25, 0.3) is 5.91 Å². The van der Waals surface area contributed by atoms with Crippen molar-refractivity contribution in [2.24, 2.45) is 0 Å². The number of hydrogen-bond donors (Lipinski definition) is 0. The summed E-state index contributed by atoms with van der Waals surface area (Å²) in [5.41, 5.74) is -0.359. The molecule has 186 valence electrons. The number of ether oxygens (including phenoxy) is 1. The molecule has 0 atom stereocenters. The number of benzene rings is 1. The zero-order valence-corrected chi connectivity index (χ0v) is 20.2. The van der Waals surface area contributed by atoms with E-state index in [0.29, 0.717) is 42.6 Å². The van der Waals surface area contributed by atoms with Gasteiger partial charge in [0, 0.05) is 37.3 Å². The van der Waals surface area contributed by atoms with Crippen LogP contribution in [0, 0.1) is 6.92 Å². The largest absolute Gasteiger partial charge is 0.435 e. The van der Waals surface area contributed by atoms with E-state index in [0.717, 1.165) is 15.9 Å². The summed E-state index contributed by atoms with van der Waals surface area (Å²) in [6.07, 6.45) is -4.60. The fraction of sp³-hybridized carbons (Fsp3) is 0.364. The Balaban J connectivity index is 1.28. The normalized spacial score (nSPS) is 14.8. The van der Waals surface area contributed by atoms with E-state index in [2.05, 4.69) is 10.1 Å². The molecule has 3 aromatic rings. The molecule has 0 unspecified atom stereocenters. The highest BCUT2D eigenvalue weighted by molar-refractivity contribution is 7.13. The average Bonchev–Trinajstić information content (AvgIpc) is 3.42. The topological polar surface area (TPSA) is 80.6 Å². The second kappa shape index (κ2) is 10.3. The molecule has 1 saturated heterocycles. The van der Waals surface area contributed by atoms with Gasteiger partial charge in [0.1, 0.15) is 5.75 Å². The fourth-order valence-electron chi connectivity index (χ4n) is 3.58. The van der Waals surface area contributed by atoms with Crippen LogP contribution in [-0.2, 0) is 17.4 Å². The Morgan fingerprint density at radius 2 is 1.89 bits per heavy atom. The SMILES string of the molecule is Cc1cc(C(F)(F)F)nn1C(=O)CN1CCN(c2nc(CC(=O)Oc3ccccc3Cl)cs2)CC1. The minimum atomic E-state index is -4.60. The van der Waals surface area contributed by atoms with Gasteiger partial charge in [-0.2, -0.15) is 18.3 Å². The summed E-state index contributed by atoms with van der Waals surface area (Å²) in [4.78, 5) is 33.1. The fourth-order valence-corrected chi connectivity index (χ4v) is 4.63. The van der Waals surface area contributed by atoms with Gasteiger partial charge in [0.2, 0.25) is 0 Å². The smallest absolute Gasteiger partial charge is 0.425 e. The molecule has 1 fully saturated rings. The van der Waals surface area contributed by atoms with E-state index in [1.165, 1.54) is 18.3 Å². The van der Waals surface area contributed by atoms with Crippen LogP contribution in [0.25, 0.3) is 0 Å². The lowest BCUT2D eigenvalue weighted by atomic mass is 10.3. The van der Waals surface area contributed by atoms with Crippen LogP contribution in [0.5, 0.6) is 5.75 Å². The molecule has 0 bridgehead atoms. The molecular weight excluding hydrogens is 507 g/mol. The van der Waals surface area contributed by atoms with Crippen LogP contribution in [0.1, 0.15) is 21.9 Å². The number of aryl methyl sites for hydroxylation is 1. The number of aromatic nitrogens is 3. The molecule has 0 amide bonds. The van der Waals surface area contributed by atoms with Crippen LogP contribution in [0.4, 0.5) is 18.3 Å². The van der Waals surface area contributed by atoms with Gasteiger partial charge in [-0.3, -0.25) is 14.5 Å². The number of para-hydroxylation sites is 1. The van der Waals surface area contributed by atoms with E-state index < -0.39 is 23.7 Å². The molecule has 0 aliphatic carbocycles. The van der Waals surface area contributed by atoms with Gasteiger partial charge in [0.15, 0.2) is 10.8 Å². The van der Waals surface area contributed by atoms with Crippen LogP contribution < -0.4 is 9.64 Å². The maximum absolute atomic E-state index is 12.9. The Kier molecular flexibility index (Phi) is 7.43. The first kappa shape index (κ1) is 25.1. The van der Waals surface area contributed by atoms with Crippen LogP contribution in [-0.4, -0.2) is 64.3 Å². The number of piperazine rings is 1. The third-order valence-corrected chi connectivity index (χ3v) is 6.60. The van der Waals surface area contributed by atoms with Crippen molar-refractivity contribution in [3.05, 3.63) is 57.8 Å². The Bertz CT molecular complexity index is 1220. The predicted molar refractivity (Wildman–Crippen MR) is 124 cm³/mol. The maximum atomic E-state index is 12.9. The number of alkyl halides is 3. The van der Waals surface area contributed by atoms with Crippen LogP contribution in [0.3, 0.4) is 0 Å². The number of esters is 1. The van der Waals surface area contributed by atoms with E-state index in [4.69, 9.17) is 16.3 Å². The molecule has 2 aromatic heterocycles. The third-order valence-electron chi connectivity index (χ3n) is 5.34. The summed E-state index contributed by atoms with van der Waals surface area (Å²) in [5, 5.41) is 6.30. The van der Waals surface area contributed by atoms with Crippen molar-refractivity contribution in [3.63, 3.8) is 0 Å². The maximum Gasteiger partial charge on any atom is 0.435 e. The first-order valence-corrected chi connectivity index (χ1v) is 11.9. The lowest BCUT2D eigenvalue weighted by molar-refractivity contribution is -0.141. The van der Waals surface area contributed by atoms with E-state index in [1.807, 2.05) is 9.80 Å². The molecular formula is C22H21ClF3N5O3S. The molecule has 8 nitrogen and oxygen atoms in total. The van der Waals surface area contributed by atoms with Crippen LogP contribution in [0.2, 0.25) is 5.02 Å². The van der Waals surface area contributed by atoms with E-state index in [9.17, 15) is 22.8 Å². The van der Waals surface area contributed by atoms with Gasteiger partial charge in [-0.05, 0) is 25.1 Å². The van der Waals surface area contributed by atoms with Crippen molar-refractivity contribution < 1.29 is 27.5 Å². The monoisotopic (exact) mass is 527 g/mol. The summed E-state index contributed by atoms with van der Waals surface area (Å²) in [5.74, 6) is -0.693. The number of hydrogen-bond acceptors (Lipinski definition) is 8. The summed E-state index contributed by atoms with van der Waals surface area (Å²) in [6, 6.07) is 7.57. The van der Waals surface area contributed by atoms with Crippen molar-refractivity contribution in [3.8, 4) is 5.75 Å². The standard InChI is InChI=1S/C22H21ClF3N5O3S/c1-14-10-18(22(24,25)26)28-31(14)19(32)12-29-6-8-30(9-7-29)21-27-15(13-35-21)11-20(33)34-17-5-3-2-4-16(17)23/h2-5,10,13H,6-9,11-12H2,1H3. The van der Waals surface area contributed by atoms with Gasteiger partial charge < -0.3 is 9.64 Å². The highest BCUT2D eigenvalue weighted by atomic mass is 35.5. The van der Waals surface area contributed by atoms with Gasteiger partial charge in [-0.25, -0.2) is 9.67 Å². The van der Waals surface area contributed by atoms with Crippen LogP contribution in [0.15, 0.2) is 35.7 Å². The molecule has 0 N–H and O–H groups in total. The molecule has 1 aliphatic heterocycles. The van der Waals surface area contributed by atoms with Crippen molar-refractivity contribution >= 4 is 39.9 Å². The highest BCUT2D eigenvalue weighted by Gasteiger charge is 2.35. The molecule has 0 spiro atoms. The number of thiazole rings is 1. The first-order chi connectivity index (χ1) is 16.6. The molecule has 3 heterocycles. The van der Waals surface area contributed by atoms with E-state index >= 15 is 0 Å². The molecule has 13 heteroatoms.